The van der Waals surface area contributed by atoms with Crippen molar-refractivity contribution in [3.63, 3.8) is 0 Å². The fourth-order valence-corrected chi connectivity index (χ4v) is 3.22. The van der Waals surface area contributed by atoms with E-state index in [2.05, 4.69) is 0 Å². The molecule has 2 aromatic rings. The minimum absolute atomic E-state index is 0.0755. The highest BCUT2D eigenvalue weighted by molar-refractivity contribution is 7.78. The van der Waals surface area contributed by atoms with Crippen molar-refractivity contribution in [1.82, 2.24) is 0 Å². The third-order valence-electron chi connectivity index (χ3n) is 3.59. The van der Waals surface area contributed by atoms with Crippen molar-refractivity contribution in [2.24, 2.45) is 0 Å². The number of hydrogen-bond donors (Lipinski definition) is 1. The van der Waals surface area contributed by atoms with Crippen LogP contribution in [0.1, 0.15) is 16.7 Å². The Hall–Kier alpha value is -1.95. The summed E-state index contributed by atoms with van der Waals surface area (Å²) >= 11 is 4.32. The summed E-state index contributed by atoms with van der Waals surface area (Å²) < 4.78 is 25.0. The molecule has 2 aromatic carbocycles. The minimum Gasteiger partial charge on any atom is -0.457 e. The number of esters is 1. The van der Waals surface area contributed by atoms with Gasteiger partial charge in [0.25, 0.3) is 0 Å². The SMILES string of the molecule is O=C1OCC(c2ccc(CS(=O)O)cc2)=C1c1ccccc1Cl. The first-order chi connectivity index (χ1) is 11.1. The molecule has 0 saturated heterocycles. The third-order valence-corrected chi connectivity index (χ3v) is 4.50. The predicted molar refractivity (Wildman–Crippen MR) is 90.1 cm³/mol. The van der Waals surface area contributed by atoms with E-state index < -0.39 is 17.0 Å². The van der Waals surface area contributed by atoms with Gasteiger partial charge in [0.2, 0.25) is 0 Å². The normalized spacial score (nSPS) is 15.7. The van der Waals surface area contributed by atoms with E-state index in [1.807, 2.05) is 18.2 Å². The summed E-state index contributed by atoms with van der Waals surface area (Å²) in [6.07, 6.45) is 0. The van der Waals surface area contributed by atoms with Gasteiger partial charge in [0.1, 0.15) is 6.61 Å². The Morgan fingerprint density at radius 3 is 2.48 bits per heavy atom. The summed E-state index contributed by atoms with van der Waals surface area (Å²) in [6.45, 7) is 0.185. The van der Waals surface area contributed by atoms with Crippen LogP contribution in [0.15, 0.2) is 48.5 Å². The average molecular weight is 349 g/mol. The second-order valence-corrected chi connectivity index (χ2v) is 6.41. The molecule has 6 heteroatoms. The molecule has 0 spiro atoms. The highest BCUT2D eigenvalue weighted by Crippen LogP contribution is 2.36. The van der Waals surface area contributed by atoms with E-state index in [1.165, 1.54) is 0 Å². The summed E-state index contributed by atoms with van der Waals surface area (Å²) in [7, 11) is 0. The number of cyclic esters (lactones) is 1. The molecule has 118 valence electrons. The molecule has 0 aliphatic carbocycles. The van der Waals surface area contributed by atoms with Crippen LogP contribution in [0, 0.1) is 0 Å². The molecule has 0 radical (unpaired) electrons. The average Bonchev–Trinajstić information content (AvgIpc) is 2.90. The number of hydrogen-bond acceptors (Lipinski definition) is 3. The number of benzene rings is 2. The maximum atomic E-state index is 12.1. The summed E-state index contributed by atoms with van der Waals surface area (Å²) in [5, 5.41) is 0.492. The number of rotatable bonds is 4. The van der Waals surface area contributed by atoms with Crippen molar-refractivity contribution < 1.29 is 18.3 Å². The Morgan fingerprint density at radius 1 is 1.13 bits per heavy atom. The largest absolute Gasteiger partial charge is 0.457 e. The lowest BCUT2D eigenvalue weighted by molar-refractivity contribution is -0.133. The monoisotopic (exact) mass is 348 g/mol. The van der Waals surface area contributed by atoms with Crippen LogP contribution >= 0.6 is 11.6 Å². The van der Waals surface area contributed by atoms with E-state index >= 15 is 0 Å². The van der Waals surface area contributed by atoms with Gasteiger partial charge in [0, 0.05) is 16.2 Å². The first-order valence-electron chi connectivity index (χ1n) is 6.88. The Balaban J connectivity index is 2.04. The number of ether oxygens (including phenoxy) is 1. The first kappa shape index (κ1) is 15.9. The van der Waals surface area contributed by atoms with Gasteiger partial charge in [-0.1, -0.05) is 54.1 Å². The van der Waals surface area contributed by atoms with E-state index in [9.17, 15) is 9.00 Å². The Bertz CT molecular complexity index is 812. The topological polar surface area (TPSA) is 63.6 Å². The molecule has 0 aromatic heterocycles. The van der Waals surface area contributed by atoms with Gasteiger partial charge in [-0.3, -0.25) is 0 Å². The zero-order valence-corrected chi connectivity index (χ0v) is 13.6. The van der Waals surface area contributed by atoms with Gasteiger partial charge in [-0.25, -0.2) is 9.00 Å². The summed E-state index contributed by atoms with van der Waals surface area (Å²) in [5.74, 6) is -0.319. The van der Waals surface area contributed by atoms with Crippen LogP contribution in [0.5, 0.6) is 0 Å². The molecule has 1 aliphatic heterocycles. The fraction of sp³-hybridized carbons (Fsp3) is 0.118. The molecule has 3 rings (SSSR count). The molecule has 23 heavy (non-hydrogen) atoms. The Kier molecular flexibility index (Phi) is 4.61. The molecule has 0 fully saturated rings. The van der Waals surface area contributed by atoms with E-state index in [-0.39, 0.29) is 12.4 Å². The van der Waals surface area contributed by atoms with Crippen LogP contribution < -0.4 is 0 Å². The van der Waals surface area contributed by atoms with Crippen LogP contribution in [0.2, 0.25) is 5.02 Å². The van der Waals surface area contributed by atoms with Gasteiger partial charge in [-0.05, 0) is 17.2 Å². The van der Waals surface area contributed by atoms with E-state index in [1.54, 1.807) is 30.3 Å². The molecule has 0 saturated carbocycles. The quantitative estimate of drug-likeness (QED) is 0.678. The van der Waals surface area contributed by atoms with Crippen molar-refractivity contribution in [3.05, 3.63) is 70.2 Å². The van der Waals surface area contributed by atoms with Crippen LogP contribution in [-0.2, 0) is 26.4 Å². The highest BCUT2D eigenvalue weighted by atomic mass is 35.5. The van der Waals surface area contributed by atoms with Crippen molar-refractivity contribution in [1.29, 1.82) is 0 Å². The van der Waals surface area contributed by atoms with Crippen LogP contribution in [0.25, 0.3) is 11.1 Å². The molecule has 4 nitrogen and oxygen atoms in total. The zero-order valence-electron chi connectivity index (χ0n) is 12.0. The number of carbonyl (C=O) groups excluding carboxylic acids is 1. The molecule has 1 atom stereocenters. The Labute approximate surface area is 141 Å². The van der Waals surface area contributed by atoms with Crippen LogP contribution in [-0.4, -0.2) is 21.3 Å². The second kappa shape index (κ2) is 6.66. The zero-order chi connectivity index (χ0) is 16.4. The van der Waals surface area contributed by atoms with Crippen molar-refractivity contribution >= 4 is 39.8 Å². The predicted octanol–water partition coefficient (Wildman–Crippen LogP) is 3.53. The second-order valence-electron chi connectivity index (χ2n) is 5.07. The molecular formula is C17H13ClO4S. The number of carbonyl (C=O) groups is 1. The smallest absolute Gasteiger partial charge is 0.339 e. The maximum absolute atomic E-state index is 12.1. The molecule has 1 unspecified atom stereocenters. The molecule has 1 N–H and O–H groups in total. The first-order valence-corrected chi connectivity index (χ1v) is 8.53. The summed E-state index contributed by atoms with van der Waals surface area (Å²) in [6, 6.07) is 14.3. The minimum atomic E-state index is -1.88. The number of halogens is 1. The van der Waals surface area contributed by atoms with Gasteiger partial charge in [-0.15, -0.1) is 0 Å². The van der Waals surface area contributed by atoms with Crippen LogP contribution in [0.4, 0.5) is 0 Å². The lowest BCUT2D eigenvalue weighted by atomic mass is 9.96. The molecule has 1 aliphatic rings. The maximum Gasteiger partial charge on any atom is 0.339 e. The van der Waals surface area contributed by atoms with E-state index in [0.29, 0.717) is 16.2 Å². The van der Waals surface area contributed by atoms with Crippen molar-refractivity contribution in [3.8, 4) is 0 Å². The highest BCUT2D eigenvalue weighted by Gasteiger charge is 2.28. The van der Waals surface area contributed by atoms with Crippen molar-refractivity contribution in [2.45, 2.75) is 5.75 Å². The summed E-state index contributed by atoms with van der Waals surface area (Å²) in [4.78, 5) is 12.1. The molecule has 1 heterocycles. The third kappa shape index (κ3) is 3.37. The summed E-state index contributed by atoms with van der Waals surface area (Å²) in [5.41, 5.74) is 3.46. The standard InChI is InChI=1S/C17H13ClO4S/c18-15-4-2-1-3-13(15)16-14(9-22-17(16)19)12-7-5-11(6-8-12)10-23(20)21/h1-8H,9-10H2,(H,20,21). The lowest BCUT2D eigenvalue weighted by Crippen LogP contribution is -1.99. The van der Waals surface area contributed by atoms with E-state index in [4.69, 9.17) is 20.9 Å². The molecule has 0 amide bonds. The van der Waals surface area contributed by atoms with Crippen LogP contribution in [0.3, 0.4) is 0 Å². The van der Waals surface area contributed by atoms with Gasteiger partial charge in [0.05, 0.1) is 11.3 Å². The van der Waals surface area contributed by atoms with Gasteiger partial charge in [-0.2, -0.15) is 0 Å². The van der Waals surface area contributed by atoms with Gasteiger partial charge >= 0.3 is 5.97 Å². The lowest BCUT2D eigenvalue weighted by Gasteiger charge is -2.07. The van der Waals surface area contributed by atoms with Crippen molar-refractivity contribution in [2.75, 3.05) is 6.61 Å². The Morgan fingerprint density at radius 2 is 1.83 bits per heavy atom. The molecular weight excluding hydrogens is 336 g/mol. The van der Waals surface area contributed by atoms with Gasteiger partial charge < -0.3 is 9.29 Å². The van der Waals surface area contributed by atoms with E-state index in [0.717, 1.165) is 16.7 Å². The molecule has 0 bridgehead atoms. The fourth-order valence-electron chi connectivity index (χ4n) is 2.51. The van der Waals surface area contributed by atoms with Gasteiger partial charge in [0.15, 0.2) is 11.1 Å².